The van der Waals surface area contributed by atoms with Crippen molar-refractivity contribution >= 4 is 23.2 Å². The van der Waals surface area contributed by atoms with E-state index in [1.54, 1.807) is 12.0 Å². The minimum atomic E-state index is -0.404. The number of ether oxygens (including phenoxy) is 2. The van der Waals surface area contributed by atoms with Gasteiger partial charge in [0.1, 0.15) is 5.75 Å². The quantitative estimate of drug-likeness (QED) is 0.815. The summed E-state index contributed by atoms with van der Waals surface area (Å²) in [6, 6.07) is 14.9. The molecular weight excluding hydrogens is 344 g/mol. The number of hydrogen-bond acceptors (Lipinski definition) is 4. The number of benzene rings is 2. The van der Waals surface area contributed by atoms with Crippen LogP contribution in [0.4, 0.5) is 11.4 Å². The molecule has 1 unspecified atom stereocenters. The molecule has 142 valence electrons. The molecule has 0 bridgehead atoms. The van der Waals surface area contributed by atoms with Crippen LogP contribution in [-0.2, 0) is 20.9 Å². The first-order valence-corrected chi connectivity index (χ1v) is 9.03. The number of nitrogens with one attached hydrogen (secondary N) is 1. The second kappa shape index (κ2) is 8.68. The van der Waals surface area contributed by atoms with Crippen molar-refractivity contribution in [3.63, 3.8) is 0 Å². The summed E-state index contributed by atoms with van der Waals surface area (Å²) in [6.45, 7) is 3.23. The number of anilines is 2. The Morgan fingerprint density at radius 3 is 2.81 bits per heavy atom. The largest absolute Gasteiger partial charge is 0.492 e. The Morgan fingerprint density at radius 1 is 1.22 bits per heavy atom. The number of rotatable bonds is 7. The highest BCUT2D eigenvalue weighted by molar-refractivity contribution is 6.04. The summed E-state index contributed by atoms with van der Waals surface area (Å²) in [6.07, 6.45) is 0.185. The molecule has 0 aromatic heterocycles. The zero-order valence-electron chi connectivity index (χ0n) is 15.6. The van der Waals surface area contributed by atoms with Crippen molar-refractivity contribution < 1.29 is 19.1 Å². The normalized spacial score (nSPS) is 16.4. The van der Waals surface area contributed by atoms with Gasteiger partial charge in [0.05, 0.1) is 24.8 Å². The lowest BCUT2D eigenvalue weighted by Gasteiger charge is -2.20. The molecule has 6 heteroatoms. The van der Waals surface area contributed by atoms with Gasteiger partial charge in [-0.15, -0.1) is 0 Å². The molecule has 0 radical (unpaired) electrons. The monoisotopic (exact) mass is 368 g/mol. The Hall–Kier alpha value is -2.86. The predicted octanol–water partition coefficient (Wildman–Crippen LogP) is 3.22. The Balaban J connectivity index is 1.70. The fourth-order valence-electron chi connectivity index (χ4n) is 3.22. The summed E-state index contributed by atoms with van der Waals surface area (Å²) >= 11 is 0. The SMILES string of the molecule is CCOc1ccccc1N1CC(C(=O)Nc2cccc(COC)c2)CC1=O. The number of nitrogens with zero attached hydrogens (tertiary/aromatic N) is 1. The molecule has 1 heterocycles. The van der Waals surface area contributed by atoms with Crippen molar-refractivity contribution in [2.45, 2.75) is 20.0 Å². The van der Waals surface area contributed by atoms with Crippen molar-refractivity contribution in [3.05, 3.63) is 54.1 Å². The molecular formula is C21H24N2O4. The molecule has 3 rings (SSSR count). The minimum absolute atomic E-state index is 0.0737. The molecule has 2 aromatic carbocycles. The molecule has 1 aliphatic heterocycles. The first-order chi connectivity index (χ1) is 13.1. The van der Waals surface area contributed by atoms with E-state index in [4.69, 9.17) is 9.47 Å². The molecule has 2 amide bonds. The van der Waals surface area contributed by atoms with Gasteiger partial charge in [0, 0.05) is 25.8 Å². The van der Waals surface area contributed by atoms with Crippen LogP contribution in [0.25, 0.3) is 0 Å². The van der Waals surface area contributed by atoms with E-state index in [0.29, 0.717) is 36.9 Å². The van der Waals surface area contributed by atoms with Gasteiger partial charge in [0.25, 0.3) is 0 Å². The molecule has 1 saturated heterocycles. The topological polar surface area (TPSA) is 67.9 Å². The van der Waals surface area contributed by atoms with Crippen molar-refractivity contribution in [1.82, 2.24) is 0 Å². The van der Waals surface area contributed by atoms with Gasteiger partial charge >= 0.3 is 0 Å². The van der Waals surface area contributed by atoms with Gasteiger partial charge in [-0.25, -0.2) is 0 Å². The minimum Gasteiger partial charge on any atom is -0.492 e. The summed E-state index contributed by atoms with van der Waals surface area (Å²) in [5, 5.41) is 2.91. The lowest BCUT2D eigenvalue weighted by atomic mass is 10.1. The molecule has 0 saturated carbocycles. The lowest BCUT2D eigenvalue weighted by Crippen LogP contribution is -2.28. The van der Waals surface area contributed by atoms with Crippen LogP contribution in [0.5, 0.6) is 5.75 Å². The molecule has 2 aromatic rings. The zero-order valence-corrected chi connectivity index (χ0v) is 15.6. The molecule has 6 nitrogen and oxygen atoms in total. The van der Waals surface area contributed by atoms with Crippen LogP contribution in [0.2, 0.25) is 0 Å². The number of carbonyl (C=O) groups is 2. The summed E-state index contributed by atoms with van der Waals surface area (Å²) < 4.78 is 10.7. The molecule has 0 aliphatic carbocycles. The molecule has 1 atom stereocenters. The fraction of sp³-hybridized carbons (Fsp3) is 0.333. The van der Waals surface area contributed by atoms with Crippen molar-refractivity contribution in [3.8, 4) is 5.75 Å². The Bertz CT molecular complexity index is 821. The average molecular weight is 368 g/mol. The highest BCUT2D eigenvalue weighted by Crippen LogP contribution is 2.33. The lowest BCUT2D eigenvalue weighted by molar-refractivity contribution is -0.122. The third-order valence-electron chi connectivity index (χ3n) is 4.46. The second-order valence-corrected chi connectivity index (χ2v) is 6.43. The maximum atomic E-state index is 12.7. The number of carbonyl (C=O) groups excluding carboxylic acids is 2. The van der Waals surface area contributed by atoms with Crippen molar-refractivity contribution in [1.29, 1.82) is 0 Å². The number of para-hydroxylation sites is 2. The summed E-state index contributed by atoms with van der Waals surface area (Å²) in [5.41, 5.74) is 2.39. The number of methoxy groups -OCH3 is 1. The van der Waals surface area contributed by atoms with Crippen LogP contribution < -0.4 is 15.0 Å². The van der Waals surface area contributed by atoms with E-state index in [1.165, 1.54) is 0 Å². The Kier molecular flexibility index (Phi) is 6.08. The van der Waals surface area contributed by atoms with Gasteiger partial charge in [-0.05, 0) is 36.8 Å². The summed E-state index contributed by atoms with van der Waals surface area (Å²) in [4.78, 5) is 26.8. The molecule has 1 fully saturated rings. The van der Waals surface area contributed by atoms with Crippen LogP contribution in [0, 0.1) is 5.92 Å². The molecule has 1 aliphatic rings. The van der Waals surface area contributed by atoms with Crippen molar-refractivity contribution in [2.24, 2.45) is 5.92 Å². The first-order valence-electron chi connectivity index (χ1n) is 9.03. The van der Waals surface area contributed by atoms with E-state index in [0.717, 1.165) is 5.56 Å². The van der Waals surface area contributed by atoms with Gasteiger partial charge in [-0.2, -0.15) is 0 Å². The molecule has 27 heavy (non-hydrogen) atoms. The number of hydrogen-bond donors (Lipinski definition) is 1. The number of amides is 2. The first kappa shape index (κ1) is 18.9. The van der Waals surface area contributed by atoms with Crippen LogP contribution in [-0.4, -0.2) is 32.1 Å². The standard InChI is InChI=1S/C21H24N2O4/c1-3-27-19-10-5-4-9-18(19)23-13-16(12-20(23)24)21(25)22-17-8-6-7-15(11-17)14-26-2/h4-11,16H,3,12-14H2,1-2H3,(H,22,25). The van der Waals surface area contributed by atoms with E-state index in [2.05, 4.69) is 5.32 Å². The van der Waals surface area contributed by atoms with Crippen LogP contribution in [0.1, 0.15) is 18.9 Å². The maximum absolute atomic E-state index is 12.7. The zero-order chi connectivity index (χ0) is 19.2. The van der Waals surface area contributed by atoms with Crippen LogP contribution >= 0.6 is 0 Å². The van der Waals surface area contributed by atoms with E-state index in [-0.39, 0.29) is 18.2 Å². The summed E-state index contributed by atoms with van der Waals surface area (Å²) in [7, 11) is 1.63. The van der Waals surface area contributed by atoms with E-state index in [1.807, 2.05) is 55.5 Å². The van der Waals surface area contributed by atoms with Crippen molar-refractivity contribution in [2.75, 3.05) is 30.5 Å². The summed E-state index contributed by atoms with van der Waals surface area (Å²) in [5.74, 6) is 0.0182. The van der Waals surface area contributed by atoms with E-state index in [9.17, 15) is 9.59 Å². The van der Waals surface area contributed by atoms with Gasteiger partial charge in [-0.3, -0.25) is 9.59 Å². The van der Waals surface area contributed by atoms with E-state index >= 15 is 0 Å². The highest BCUT2D eigenvalue weighted by Gasteiger charge is 2.36. The molecule has 1 N–H and O–H groups in total. The van der Waals surface area contributed by atoms with Gasteiger partial charge < -0.3 is 19.7 Å². The van der Waals surface area contributed by atoms with Gasteiger partial charge in [0.15, 0.2) is 0 Å². The average Bonchev–Trinajstić information content (AvgIpc) is 3.05. The van der Waals surface area contributed by atoms with Crippen LogP contribution in [0.15, 0.2) is 48.5 Å². The molecule has 0 spiro atoms. The Morgan fingerprint density at radius 2 is 2.04 bits per heavy atom. The van der Waals surface area contributed by atoms with Crippen LogP contribution in [0.3, 0.4) is 0 Å². The van der Waals surface area contributed by atoms with Gasteiger partial charge in [-0.1, -0.05) is 24.3 Å². The highest BCUT2D eigenvalue weighted by atomic mass is 16.5. The second-order valence-electron chi connectivity index (χ2n) is 6.43. The van der Waals surface area contributed by atoms with E-state index < -0.39 is 5.92 Å². The third-order valence-corrected chi connectivity index (χ3v) is 4.46. The fourth-order valence-corrected chi connectivity index (χ4v) is 3.22. The van der Waals surface area contributed by atoms with Gasteiger partial charge in [0.2, 0.25) is 11.8 Å². The third kappa shape index (κ3) is 4.46. The predicted molar refractivity (Wildman–Crippen MR) is 104 cm³/mol. The maximum Gasteiger partial charge on any atom is 0.229 e. The Labute approximate surface area is 159 Å². The smallest absolute Gasteiger partial charge is 0.229 e.